The first-order chi connectivity index (χ1) is 19.6. The molecule has 1 aromatic heterocycles. The van der Waals surface area contributed by atoms with E-state index in [-0.39, 0.29) is 54.6 Å². The van der Waals surface area contributed by atoms with Gasteiger partial charge in [0, 0.05) is 63.5 Å². The smallest absolute Gasteiger partial charge is 0.260 e. The van der Waals surface area contributed by atoms with Gasteiger partial charge in [-0.15, -0.1) is 9.60 Å². The van der Waals surface area contributed by atoms with E-state index in [0.29, 0.717) is 39.0 Å². The van der Waals surface area contributed by atoms with Gasteiger partial charge in [-0.05, 0) is 26.7 Å². The minimum absolute atomic E-state index is 0.00845. The van der Waals surface area contributed by atoms with Crippen molar-refractivity contribution >= 4 is 35.1 Å². The highest BCUT2D eigenvalue weighted by Crippen LogP contribution is 2.58. The fourth-order valence-electron chi connectivity index (χ4n) is 7.14. The summed E-state index contributed by atoms with van der Waals surface area (Å²) < 4.78 is 34.1. The first-order valence-corrected chi connectivity index (χ1v) is 14.5. The van der Waals surface area contributed by atoms with Crippen molar-refractivity contribution in [1.29, 1.82) is 0 Å². The quantitative estimate of drug-likeness (QED) is 0.316. The average molecular weight is 597 g/mol. The number of rotatable bonds is 6. The molecule has 2 bridgehead atoms. The van der Waals surface area contributed by atoms with E-state index in [2.05, 4.69) is 21.0 Å². The van der Waals surface area contributed by atoms with Crippen molar-refractivity contribution in [1.82, 2.24) is 35.7 Å². The molecule has 5 aliphatic rings. The molecule has 5 fully saturated rings. The third-order valence-electron chi connectivity index (χ3n) is 9.32. The fraction of sp³-hybridized carbons (Fsp3) is 0.692. The lowest BCUT2D eigenvalue weighted by atomic mass is 9.70. The van der Waals surface area contributed by atoms with Crippen LogP contribution in [0, 0.1) is 17.7 Å². The van der Waals surface area contributed by atoms with Gasteiger partial charge in [0.15, 0.2) is 0 Å². The summed E-state index contributed by atoms with van der Waals surface area (Å²) in [5, 5.41) is 8.47. The van der Waals surface area contributed by atoms with Crippen molar-refractivity contribution in [3.8, 4) is 0 Å². The molecule has 1 spiro atoms. The topological polar surface area (TPSA) is 122 Å². The maximum absolute atomic E-state index is 14.2. The average Bonchev–Trinajstić information content (AvgIpc) is 3.55. The van der Waals surface area contributed by atoms with Gasteiger partial charge in [-0.1, -0.05) is 11.6 Å². The molecule has 5 aliphatic heterocycles. The van der Waals surface area contributed by atoms with Crippen LogP contribution in [-0.4, -0.2) is 118 Å². The molecule has 5 saturated heterocycles. The van der Waals surface area contributed by atoms with Crippen molar-refractivity contribution in [2.45, 2.75) is 56.5 Å². The number of likely N-dealkylation sites (tertiary alicyclic amines) is 1. The number of pyridine rings is 1. The van der Waals surface area contributed by atoms with Gasteiger partial charge in [0.25, 0.3) is 5.91 Å². The van der Waals surface area contributed by atoms with Crippen molar-refractivity contribution in [3.05, 3.63) is 23.1 Å². The minimum Gasteiger partial charge on any atom is -0.367 e. The van der Waals surface area contributed by atoms with Gasteiger partial charge in [0.2, 0.25) is 11.8 Å². The van der Waals surface area contributed by atoms with E-state index in [9.17, 15) is 23.3 Å². The Morgan fingerprint density at radius 1 is 1.20 bits per heavy atom. The summed E-state index contributed by atoms with van der Waals surface area (Å²) in [6.45, 7) is 6.60. The van der Waals surface area contributed by atoms with Crippen molar-refractivity contribution in [2.24, 2.45) is 11.8 Å². The molecule has 6 rings (SSSR count). The van der Waals surface area contributed by atoms with Crippen LogP contribution in [0.2, 0.25) is 5.15 Å². The van der Waals surface area contributed by atoms with Crippen LogP contribution >= 0.6 is 11.6 Å². The number of nitrogens with zero attached hydrogens (tertiary/aromatic N) is 5. The van der Waals surface area contributed by atoms with Crippen LogP contribution in [0.25, 0.3) is 0 Å². The number of amides is 3. The number of carbonyl (C=O) groups excluding carboxylic acids is 3. The monoisotopic (exact) mass is 596 g/mol. The Morgan fingerprint density at radius 3 is 2.68 bits per heavy atom. The first-order valence-electron chi connectivity index (χ1n) is 14.1. The highest BCUT2D eigenvalue weighted by atomic mass is 35.5. The van der Waals surface area contributed by atoms with Crippen LogP contribution in [0.15, 0.2) is 12.1 Å². The molecule has 15 heteroatoms. The SMILES string of the molecule is CC1NCCN(NC(=O)C2N(CN3CCN(F)CC3)C(=O)C3C(C(=O)Nc4cc(F)cc(Cl)n4)C4CCC32O4)C1C. The zero-order valence-electron chi connectivity index (χ0n) is 23.0. The predicted molar refractivity (Wildman–Crippen MR) is 143 cm³/mol. The van der Waals surface area contributed by atoms with Crippen LogP contribution in [0.4, 0.5) is 14.7 Å². The number of nitrogens with one attached hydrogen (secondary N) is 3. The Labute approximate surface area is 241 Å². The lowest BCUT2D eigenvalue weighted by Crippen LogP contribution is -2.65. The number of ether oxygens (including phenoxy) is 1. The van der Waals surface area contributed by atoms with Crippen molar-refractivity contribution in [2.75, 3.05) is 51.3 Å². The molecule has 0 aliphatic carbocycles. The van der Waals surface area contributed by atoms with E-state index in [1.807, 2.05) is 23.8 Å². The minimum atomic E-state index is -1.20. The van der Waals surface area contributed by atoms with Gasteiger partial charge in [-0.25, -0.2) is 14.4 Å². The Kier molecular flexibility index (Phi) is 7.66. The lowest BCUT2D eigenvalue weighted by Gasteiger charge is -2.41. The van der Waals surface area contributed by atoms with Crippen LogP contribution in [0.5, 0.6) is 0 Å². The van der Waals surface area contributed by atoms with E-state index in [0.717, 1.165) is 17.3 Å². The van der Waals surface area contributed by atoms with Crippen LogP contribution in [0.3, 0.4) is 0 Å². The normalized spacial score (nSPS) is 36.0. The highest BCUT2D eigenvalue weighted by molar-refractivity contribution is 6.29. The van der Waals surface area contributed by atoms with Crippen molar-refractivity contribution in [3.63, 3.8) is 0 Å². The summed E-state index contributed by atoms with van der Waals surface area (Å²) in [6, 6.07) is 1.24. The number of aromatic nitrogens is 1. The number of halogens is 3. The molecule has 6 heterocycles. The number of hydrogen-bond donors (Lipinski definition) is 3. The Hall–Kier alpha value is -2.49. The lowest BCUT2D eigenvalue weighted by molar-refractivity contribution is -0.148. The maximum Gasteiger partial charge on any atom is 0.260 e. The second-order valence-electron chi connectivity index (χ2n) is 11.7. The molecule has 12 nitrogen and oxygen atoms in total. The van der Waals surface area contributed by atoms with Gasteiger partial charge >= 0.3 is 0 Å². The van der Waals surface area contributed by atoms with Crippen LogP contribution in [-0.2, 0) is 19.1 Å². The standard InChI is InChI=1S/C26H35ClF2N8O4/c1-14-15(2)37(6-5-30-14)33-24(39)22-26-4-3-17(41-26)20(23(38)32-19-12-16(28)11-18(27)31-19)21(26)25(40)36(22)13-34-7-9-35(29)10-8-34/h11-12,14-15,17,20-22,30H,3-10,13H2,1-2H3,(H,33,39)(H,31,32,38). The van der Waals surface area contributed by atoms with E-state index >= 15 is 0 Å². The molecule has 41 heavy (non-hydrogen) atoms. The number of carbonyl (C=O) groups is 3. The highest BCUT2D eigenvalue weighted by Gasteiger charge is 2.74. The van der Waals surface area contributed by atoms with E-state index < -0.39 is 41.3 Å². The molecule has 7 atom stereocenters. The molecule has 224 valence electrons. The van der Waals surface area contributed by atoms with Gasteiger partial charge in [0.05, 0.1) is 24.6 Å². The first kappa shape index (κ1) is 28.6. The van der Waals surface area contributed by atoms with Crippen LogP contribution < -0.4 is 16.1 Å². The molecule has 1 aromatic rings. The molecule has 0 aromatic carbocycles. The number of hydrazine groups is 1. The summed E-state index contributed by atoms with van der Waals surface area (Å²) in [7, 11) is 0. The molecule has 3 N–H and O–H groups in total. The van der Waals surface area contributed by atoms with E-state index in [1.165, 1.54) is 4.90 Å². The number of piperazine rings is 2. The van der Waals surface area contributed by atoms with E-state index in [1.54, 1.807) is 0 Å². The zero-order chi connectivity index (χ0) is 29.1. The van der Waals surface area contributed by atoms with Gasteiger partial charge in [-0.3, -0.25) is 24.7 Å². The Bertz CT molecular complexity index is 1200. The number of hydrogen-bond acceptors (Lipinski definition) is 9. The molecular weight excluding hydrogens is 562 g/mol. The molecule has 3 amide bonds. The summed E-state index contributed by atoms with van der Waals surface area (Å²) in [4.78, 5) is 49.2. The summed E-state index contributed by atoms with van der Waals surface area (Å²) in [5.74, 6) is -3.82. The van der Waals surface area contributed by atoms with Crippen molar-refractivity contribution < 1.29 is 28.0 Å². The third-order valence-corrected chi connectivity index (χ3v) is 9.51. The van der Waals surface area contributed by atoms with Crippen LogP contribution in [0.1, 0.15) is 26.7 Å². The molecular formula is C26H35ClF2N8O4. The second kappa shape index (κ2) is 11.0. The number of fused-ring (bicyclic) bond motifs is 1. The summed E-state index contributed by atoms with van der Waals surface area (Å²) in [5.41, 5.74) is 1.85. The second-order valence-corrected chi connectivity index (χ2v) is 12.1. The fourth-order valence-corrected chi connectivity index (χ4v) is 7.34. The largest absolute Gasteiger partial charge is 0.367 e. The third kappa shape index (κ3) is 5.08. The zero-order valence-corrected chi connectivity index (χ0v) is 23.7. The van der Waals surface area contributed by atoms with Gasteiger partial charge in [-0.2, -0.15) is 0 Å². The van der Waals surface area contributed by atoms with E-state index in [4.69, 9.17) is 16.3 Å². The molecule has 7 unspecified atom stereocenters. The van der Waals surface area contributed by atoms with Gasteiger partial charge < -0.3 is 20.3 Å². The summed E-state index contributed by atoms with van der Waals surface area (Å²) in [6.07, 6.45) is 0.333. The number of anilines is 1. The Morgan fingerprint density at radius 2 is 1.95 bits per heavy atom. The predicted octanol–water partition coefficient (Wildman–Crippen LogP) is 0.360. The summed E-state index contributed by atoms with van der Waals surface area (Å²) >= 11 is 5.87. The Balaban J connectivity index is 1.29. The van der Waals surface area contributed by atoms with Gasteiger partial charge in [0.1, 0.15) is 28.4 Å². The maximum atomic E-state index is 14.2. The molecule has 0 radical (unpaired) electrons. The molecule has 0 saturated carbocycles.